The molecule has 0 saturated carbocycles. The number of amides is 2. The summed E-state index contributed by atoms with van der Waals surface area (Å²) < 4.78 is 0. The fourth-order valence-corrected chi connectivity index (χ4v) is 2.22. The second-order valence-corrected chi connectivity index (χ2v) is 4.98. The number of hydrogen-bond acceptors (Lipinski definition) is 4. The third-order valence-corrected chi connectivity index (χ3v) is 3.39. The molecule has 1 aromatic carbocycles. The van der Waals surface area contributed by atoms with E-state index in [1.54, 1.807) is 0 Å². The molecule has 2 rings (SSSR count). The molecule has 1 saturated heterocycles. The highest BCUT2D eigenvalue weighted by atomic mass is 16.2. The van der Waals surface area contributed by atoms with Gasteiger partial charge in [0.15, 0.2) is 0 Å². The van der Waals surface area contributed by atoms with E-state index < -0.39 is 6.04 Å². The van der Waals surface area contributed by atoms with Gasteiger partial charge in [-0.25, -0.2) is 5.43 Å². The summed E-state index contributed by atoms with van der Waals surface area (Å²) in [4.78, 5) is 25.2. The lowest BCUT2D eigenvalue weighted by Gasteiger charge is -2.15. The maximum absolute atomic E-state index is 12.1. The summed E-state index contributed by atoms with van der Waals surface area (Å²) in [5.41, 5.74) is 7.10. The van der Waals surface area contributed by atoms with Crippen LogP contribution in [0.15, 0.2) is 30.3 Å². The molecular weight excluding hydrogens is 254 g/mol. The lowest BCUT2D eigenvalue weighted by atomic mass is 10.2. The van der Waals surface area contributed by atoms with E-state index >= 15 is 0 Å². The Kier molecular flexibility index (Phi) is 5.26. The lowest BCUT2D eigenvalue weighted by Crippen LogP contribution is -2.45. The first-order valence-electron chi connectivity index (χ1n) is 7.09. The van der Waals surface area contributed by atoms with Crippen molar-refractivity contribution in [2.75, 3.05) is 6.54 Å². The topological polar surface area (TPSA) is 61.4 Å². The lowest BCUT2D eigenvalue weighted by molar-refractivity contribution is -0.138. The third-order valence-electron chi connectivity index (χ3n) is 3.39. The maximum atomic E-state index is 12.1. The Morgan fingerprint density at radius 2 is 2.00 bits per heavy atom. The summed E-state index contributed by atoms with van der Waals surface area (Å²) >= 11 is 0. The number of likely N-dealkylation sites (tertiary alicyclic amines) is 1. The Labute approximate surface area is 119 Å². The van der Waals surface area contributed by atoms with Crippen LogP contribution in [0.2, 0.25) is 0 Å². The van der Waals surface area contributed by atoms with E-state index in [-0.39, 0.29) is 18.2 Å². The summed E-state index contributed by atoms with van der Waals surface area (Å²) in [6.07, 6.45) is 2.08. The molecule has 2 N–H and O–H groups in total. The highest BCUT2D eigenvalue weighted by Crippen LogP contribution is 2.13. The fourth-order valence-electron chi connectivity index (χ4n) is 2.22. The largest absolute Gasteiger partial charge is 0.281 e. The predicted molar refractivity (Wildman–Crippen MR) is 76.5 cm³/mol. The molecule has 5 nitrogen and oxygen atoms in total. The van der Waals surface area contributed by atoms with Crippen molar-refractivity contribution in [3.8, 4) is 0 Å². The Bertz CT molecular complexity index is 461. The predicted octanol–water partition coefficient (Wildman–Crippen LogP) is 1.21. The van der Waals surface area contributed by atoms with Crippen LogP contribution in [0.1, 0.15) is 31.7 Å². The van der Waals surface area contributed by atoms with Crippen molar-refractivity contribution in [3.05, 3.63) is 35.9 Å². The highest BCUT2D eigenvalue weighted by Gasteiger charge is 2.37. The molecule has 108 valence electrons. The molecule has 1 atom stereocenters. The summed E-state index contributed by atoms with van der Waals surface area (Å²) in [5.74, 6) is -0.202. The monoisotopic (exact) mass is 275 g/mol. The molecule has 0 aromatic heterocycles. The van der Waals surface area contributed by atoms with Gasteiger partial charge in [0.05, 0.1) is 6.42 Å². The minimum Gasteiger partial charge on any atom is -0.281 e. The molecule has 1 heterocycles. The molecule has 0 aliphatic carbocycles. The normalized spacial score (nSPS) is 18.9. The van der Waals surface area contributed by atoms with Crippen molar-refractivity contribution in [3.63, 3.8) is 0 Å². The maximum Gasteiger partial charge on any atom is 0.248 e. The van der Waals surface area contributed by atoms with Crippen LogP contribution in [0, 0.1) is 0 Å². The Morgan fingerprint density at radius 3 is 2.70 bits per heavy atom. The first-order chi connectivity index (χ1) is 9.72. The van der Waals surface area contributed by atoms with Gasteiger partial charge >= 0.3 is 0 Å². The minimum absolute atomic E-state index is 0.0811. The number of unbranched alkanes of at least 4 members (excludes halogenated alkanes) is 1. The average molecular weight is 275 g/mol. The van der Waals surface area contributed by atoms with Crippen LogP contribution in [0.4, 0.5) is 0 Å². The summed E-state index contributed by atoms with van der Waals surface area (Å²) in [6, 6.07) is 9.46. The molecule has 2 amide bonds. The number of imide groups is 1. The van der Waals surface area contributed by atoms with Crippen molar-refractivity contribution < 1.29 is 9.59 Å². The van der Waals surface area contributed by atoms with Crippen LogP contribution in [-0.4, -0.2) is 29.3 Å². The fraction of sp³-hybridized carbons (Fsp3) is 0.467. The van der Waals surface area contributed by atoms with Gasteiger partial charge in [0.1, 0.15) is 6.04 Å². The van der Waals surface area contributed by atoms with Crippen LogP contribution in [0.5, 0.6) is 0 Å². The second kappa shape index (κ2) is 7.17. The first kappa shape index (κ1) is 14.7. The van der Waals surface area contributed by atoms with Crippen molar-refractivity contribution in [2.45, 2.75) is 38.8 Å². The first-order valence-corrected chi connectivity index (χ1v) is 7.09. The van der Waals surface area contributed by atoms with E-state index in [1.807, 2.05) is 37.3 Å². The third kappa shape index (κ3) is 3.65. The number of rotatable bonds is 7. The summed E-state index contributed by atoms with van der Waals surface area (Å²) in [7, 11) is 0. The van der Waals surface area contributed by atoms with Gasteiger partial charge in [-0.1, -0.05) is 43.7 Å². The smallest absolute Gasteiger partial charge is 0.248 e. The molecule has 1 fully saturated rings. The van der Waals surface area contributed by atoms with E-state index in [2.05, 4.69) is 10.9 Å². The van der Waals surface area contributed by atoms with Gasteiger partial charge in [-0.05, 0) is 12.0 Å². The van der Waals surface area contributed by atoms with E-state index in [4.69, 9.17) is 0 Å². The standard InChI is InChI=1S/C15H21N3O2/c1-2-3-9-18-14(19)10-13(15(18)20)17-16-11-12-7-5-4-6-8-12/h4-8,13,16-17H,2-3,9-11H2,1H3/t13-/m0/s1. The number of benzene rings is 1. The molecule has 0 radical (unpaired) electrons. The van der Waals surface area contributed by atoms with Gasteiger partial charge in [0, 0.05) is 13.1 Å². The zero-order chi connectivity index (χ0) is 14.4. The van der Waals surface area contributed by atoms with Crippen molar-refractivity contribution in [2.24, 2.45) is 0 Å². The number of nitrogens with zero attached hydrogens (tertiary/aromatic N) is 1. The van der Waals surface area contributed by atoms with E-state index in [0.717, 1.165) is 18.4 Å². The number of nitrogens with one attached hydrogen (secondary N) is 2. The van der Waals surface area contributed by atoms with Crippen LogP contribution in [0.25, 0.3) is 0 Å². The Balaban J connectivity index is 1.79. The van der Waals surface area contributed by atoms with Gasteiger partial charge in [0.25, 0.3) is 0 Å². The van der Waals surface area contributed by atoms with Gasteiger partial charge in [0.2, 0.25) is 11.8 Å². The zero-order valence-electron chi connectivity index (χ0n) is 11.8. The SMILES string of the molecule is CCCCN1C(=O)C[C@H](NNCc2ccccc2)C1=O. The van der Waals surface area contributed by atoms with E-state index in [9.17, 15) is 9.59 Å². The van der Waals surface area contributed by atoms with Gasteiger partial charge in [-0.15, -0.1) is 0 Å². The molecule has 5 heteroatoms. The quantitative estimate of drug-likeness (QED) is 0.580. The molecule has 20 heavy (non-hydrogen) atoms. The molecule has 0 spiro atoms. The summed E-state index contributed by atoms with van der Waals surface area (Å²) in [5, 5.41) is 0. The van der Waals surface area contributed by atoms with E-state index in [0.29, 0.717) is 13.1 Å². The van der Waals surface area contributed by atoms with Crippen molar-refractivity contribution >= 4 is 11.8 Å². The Hall–Kier alpha value is -1.72. The number of hydrazine groups is 1. The van der Waals surface area contributed by atoms with Crippen LogP contribution in [-0.2, 0) is 16.1 Å². The number of carbonyl (C=O) groups is 2. The molecule has 0 bridgehead atoms. The van der Waals surface area contributed by atoms with Crippen molar-refractivity contribution in [1.82, 2.24) is 15.8 Å². The van der Waals surface area contributed by atoms with Gasteiger partial charge < -0.3 is 0 Å². The van der Waals surface area contributed by atoms with E-state index in [1.165, 1.54) is 4.90 Å². The van der Waals surface area contributed by atoms with Crippen LogP contribution in [0.3, 0.4) is 0 Å². The average Bonchev–Trinajstić information content (AvgIpc) is 2.73. The van der Waals surface area contributed by atoms with Crippen LogP contribution < -0.4 is 10.9 Å². The highest BCUT2D eigenvalue weighted by molar-refractivity contribution is 6.05. The number of carbonyl (C=O) groups excluding carboxylic acids is 2. The Morgan fingerprint density at radius 1 is 1.25 bits per heavy atom. The molecule has 0 unspecified atom stereocenters. The van der Waals surface area contributed by atoms with Gasteiger partial charge in [-0.2, -0.15) is 0 Å². The molecular formula is C15H21N3O2. The second-order valence-electron chi connectivity index (χ2n) is 4.98. The number of hydrogen-bond donors (Lipinski definition) is 2. The van der Waals surface area contributed by atoms with Crippen LogP contribution >= 0.6 is 0 Å². The minimum atomic E-state index is -0.442. The molecule has 1 aliphatic heterocycles. The summed E-state index contributed by atoms with van der Waals surface area (Å²) in [6.45, 7) is 3.20. The zero-order valence-corrected chi connectivity index (χ0v) is 11.8. The molecule has 1 aliphatic rings. The van der Waals surface area contributed by atoms with Gasteiger partial charge in [-0.3, -0.25) is 19.9 Å². The molecule has 1 aromatic rings. The van der Waals surface area contributed by atoms with Crippen molar-refractivity contribution in [1.29, 1.82) is 0 Å².